The smallest absolute Gasteiger partial charge is 0.217 e. The number of ether oxygens (including phenoxy) is 2. The lowest BCUT2D eigenvalue weighted by Gasteiger charge is -2.34. The predicted octanol–water partition coefficient (Wildman–Crippen LogP) is 7.38. The van der Waals surface area contributed by atoms with E-state index in [0.29, 0.717) is 5.75 Å². The Bertz CT molecular complexity index is 1910. The van der Waals surface area contributed by atoms with Crippen LogP contribution in [0, 0.1) is 6.92 Å². The Morgan fingerprint density at radius 3 is 2.15 bits per heavy atom. The molecule has 0 aliphatic carbocycles. The molecule has 0 N–H and O–H groups in total. The number of pyridine rings is 1. The molecule has 7 heteroatoms. The third kappa shape index (κ3) is 4.05. The molecule has 5 aromatic rings. The summed E-state index contributed by atoms with van der Waals surface area (Å²) in [5.74, 6) is 1.09. The van der Waals surface area contributed by atoms with Crippen molar-refractivity contribution < 1.29 is 22.5 Å². The van der Waals surface area contributed by atoms with Crippen LogP contribution >= 0.6 is 0 Å². The number of hydrogen-bond acceptors (Lipinski definition) is 5. The van der Waals surface area contributed by atoms with E-state index in [9.17, 15) is 8.42 Å². The summed E-state index contributed by atoms with van der Waals surface area (Å²) in [5, 5.41) is 1.85. The van der Waals surface area contributed by atoms with Gasteiger partial charge in [-0.1, -0.05) is 43.7 Å². The van der Waals surface area contributed by atoms with Gasteiger partial charge in [-0.15, -0.1) is 0 Å². The molecule has 0 bridgehead atoms. The molecule has 0 saturated heterocycles. The number of benzene rings is 4. The lowest BCUT2D eigenvalue weighted by atomic mass is 9.88. The van der Waals surface area contributed by atoms with E-state index >= 15 is 0 Å². The summed E-state index contributed by atoms with van der Waals surface area (Å²) >= 11 is 0. The standard InChI is InChI=1S/C34H35N2O4S/c1-6-20-35-24-10-8-11-25-30(24)33(31-26(35)12-9-13-28(31)39-4)32-27(36(25)21-7-2)18-19-29(34(32)40-5)41(37,38)23-16-14-22(3)15-17-23/h8-19H,6-7,20-21H2,1-5H3/q+1. The maximum absolute atomic E-state index is 14.1. The van der Waals surface area contributed by atoms with E-state index < -0.39 is 9.84 Å². The Morgan fingerprint density at radius 2 is 1.46 bits per heavy atom. The summed E-state index contributed by atoms with van der Waals surface area (Å²) < 4.78 is 42.6. The molecule has 0 radical (unpaired) electrons. The lowest BCUT2D eigenvalue weighted by molar-refractivity contribution is -0.645. The molecule has 210 valence electrons. The SMILES string of the molecule is CCCN1c2cccc(OC)c2-c2c3c1cccc3[n+](CCC)c1ccc(S(=O)(=O)c3ccc(C)cc3)c(OC)c21. The van der Waals surface area contributed by atoms with Gasteiger partial charge in [0.15, 0.2) is 5.75 Å². The third-order valence-corrected chi connectivity index (χ3v) is 9.77. The normalized spacial score (nSPS) is 12.6. The first-order valence-electron chi connectivity index (χ1n) is 14.1. The number of fused-ring (bicyclic) bond motifs is 4. The quantitative estimate of drug-likeness (QED) is 0.145. The average molecular weight is 568 g/mol. The summed E-state index contributed by atoms with van der Waals surface area (Å²) in [6, 6.07) is 23.1. The van der Waals surface area contributed by atoms with Crippen molar-refractivity contribution in [2.45, 2.75) is 49.9 Å². The van der Waals surface area contributed by atoms with Crippen molar-refractivity contribution in [2.24, 2.45) is 0 Å². The number of aromatic nitrogens is 1. The van der Waals surface area contributed by atoms with Crippen molar-refractivity contribution in [1.29, 1.82) is 0 Å². The molecule has 6 rings (SSSR count). The zero-order chi connectivity index (χ0) is 28.9. The van der Waals surface area contributed by atoms with Gasteiger partial charge in [0.25, 0.3) is 0 Å². The van der Waals surface area contributed by atoms with E-state index in [1.807, 2.05) is 37.3 Å². The Balaban J connectivity index is 1.85. The molecular formula is C34H35N2O4S+. The first-order valence-corrected chi connectivity index (χ1v) is 15.6. The predicted molar refractivity (Wildman–Crippen MR) is 164 cm³/mol. The zero-order valence-electron chi connectivity index (χ0n) is 24.2. The van der Waals surface area contributed by atoms with Gasteiger partial charge < -0.3 is 14.4 Å². The molecule has 0 atom stereocenters. The van der Waals surface area contributed by atoms with Crippen molar-refractivity contribution in [3.63, 3.8) is 0 Å². The Kier molecular flexibility index (Phi) is 6.86. The van der Waals surface area contributed by atoms with Crippen LogP contribution < -0.4 is 18.9 Å². The van der Waals surface area contributed by atoms with Gasteiger partial charge in [-0.2, -0.15) is 4.57 Å². The van der Waals surface area contributed by atoms with Gasteiger partial charge in [0, 0.05) is 36.2 Å². The summed E-state index contributed by atoms with van der Waals surface area (Å²) in [4.78, 5) is 2.75. The summed E-state index contributed by atoms with van der Waals surface area (Å²) in [7, 11) is -0.628. The molecule has 1 aliphatic rings. The molecule has 0 saturated carbocycles. The van der Waals surface area contributed by atoms with E-state index in [1.165, 1.54) is 0 Å². The van der Waals surface area contributed by atoms with Crippen molar-refractivity contribution in [3.05, 3.63) is 78.4 Å². The summed E-state index contributed by atoms with van der Waals surface area (Å²) in [5.41, 5.74) is 7.04. The first kappa shape index (κ1) is 27.1. The molecule has 0 fully saturated rings. The van der Waals surface area contributed by atoms with Crippen molar-refractivity contribution >= 4 is 43.0 Å². The number of aryl methyl sites for hydroxylation is 2. The monoisotopic (exact) mass is 567 g/mol. The minimum Gasteiger partial charge on any atom is -0.496 e. The van der Waals surface area contributed by atoms with E-state index in [-0.39, 0.29) is 9.79 Å². The van der Waals surface area contributed by atoms with Gasteiger partial charge in [0.2, 0.25) is 20.9 Å². The zero-order valence-corrected chi connectivity index (χ0v) is 25.0. The molecule has 6 nitrogen and oxygen atoms in total. The highest BCUT2D eigenvalue weighted by Gasteiger charge is 2.36. The Hall–Kier alpha value is -4.10. The first-order chi connectivity index (χ1) is 19.9. The van der Waals surface area contributed by atoms with Crippen LogP contribution in [0.1, 0.15) is 32.3 Å². The van der Waals surface area contributed by atoms with Gasteiger partial charge in [-0.05, 0) is 49.7 Å². The number of sulfone groups is 1. The highest BCUT2D eigenvalue weighted by molar-refractivity contribution is 7.91. The number of hydrogen-bond donors (Lipinski definition) is 0. The van der Waals surface area contributed by atoms with Crippen LogP contribution in [0.2, 0.25) is 0 Å². The van der Waals surface area contributed by atoms with Crippen LogP contribution in [0.15, 0.2) is 82.6 Å². The topological polar surface area (TPSA) is 59.7 Å². The number of methoxy groups -OCH3 is 2. The van der Waals surface area contributed by atoms with Gasteiger partial charge in [0.1, 0.15) is 17.2 Å². The lowest BCUT2D eigenvalue weighted by Crippen LogP contribution is -2.37. The molecule has 4 aromatic carbocycles. The highest BCUT2D eigenvalue weighted by atomic mass is 32.2. The minimum absolute atomic E-state index is 0.153. The second-order valence-electron chi connectivity index (χ2n) is 10.5. The fourth-order valence-electron chi connectivity index (χ4n) is 6.24. The molecule has 0 spiro atoms. The van der Waals surface area contributed by atoms with Crippen LogP contribution in [0.4, 0.5) is 11.4 Å². The van der Waals surface area contributed by atoms with Gasteiger partial charge in [-0.3, -0.25) is 0 Å². The molecular weight excluding hydrogens is 532 g/mol. The van der Waals surface area contributed by atoms with E-state index in [2.05, 4.69) is 47.6 Å². The largest absolute Gasteiger partial charge is 0.496 e. The second-order valence-corrected chi connectivity index (χ2v) is 12.4. The van der Waals surface area contributed by atoms with Gasteiger partial charge in [0.05, 0.1) is 41.3 Å². The third-order valence-electron chi connectivity index (χ3n) is 7.98. The second kappa shape index (κ2) is 10.4. The average Bonchev–Trinajstić information content (AvgIpc) is 2.99. The maximum Gasteiger partial charge on any atom is 0.217 e. The highest BCUT2D eigenvalue weighted by Crippen LogP contribution is 2.55. The minimum atomic E-state index is -3.87. The Labute approximate surface area is 241 Å². The van der Waals surface area contributed by atoms with Crippen molar-refractivity contribution in [3.8, 4) is 22.6 Å². The van der Waals surface area contributed by atoms with E-state index in [1.54, 1.807) is 32.4 Å². The maximum atomic E-state index is 14.1. The Morgan fingerprint density at radius 1 is 0.756 bits per heavy atom. The number of anilines is 2. The molecule has 0 unspecified atom stereocenters. The summed E-state index contributed by atoms with van der Waals surface area (Å²) in [6.45, 7) is 7.89. The summed E-state index contributed by atoms with van der Waals surface area (Å²) in [6.07, 6.45) is 1.88. The van der Waals surface area contributed by atoms with Crippen LogP contribution in [0.25, 0.3) is 32.9 Å². The van der Waals surface area contributed by atoms with Crippen LogP contribution in [-0.4, -0.2) is 29.2 Å². The van der Waals surface area contributed by atoms with Crippen LogP contribution in [0.5, 0.6) is 11.5 Å². The molecule has 41 heavy (non-hydrogen) atoms. The van der Waals surface area contributed by atoms with Crippen molar-refractivity contribution in [2.75, 3.05) is 25.7 Å². The van der Waals surface area contributed by atoms with Crippen LogP contribution in [-0.2, 0) is 16.4 Å². The van der Waals surface area contributed by atoms with Crippen molar-refractivity contribution in [1.82, 2.24) is 0 Å². The van der Waals surface area contributed by atoms with Gasteiger partial charge >= 0.3 is 0 Å². The van der Waals surface area contributed by atoms with E-state index in [4.69, 9.17) is 9.47 Å². The van der Waals surface area contributed by atoms with Gasteiger partial charge in [-0.25, -0.2) is 8.42 Å². The molecule has 2 heterocycles. The fourth-order valence-corrected chi connectivity index (χ4v) is 7.67. The molecule has 0 amide bonds. The fraction of sp³-hybridized carbons (Fsp3) is 0.265. The number of nitrogens with zero attached hydrogens (tertiary/aromatic N) is 2. The molecule has 1 aromatic heterocycles. The van der Waals surface area contributed by atoms with Crippen LogP contribution in [0.3, 0.4) is 0 Å². The molecule has 1 aliphatic heterocycles. The van der Waals surface area contributed by atoms with E-state index in [0.717, 1.165) is 81.6 Å². The number of rotatable bonds is 8.